The maximum atomic E-state index is 4.79. The molecule has 0 aliphatic rings. The highest BCUT2D eigenvalue weighted by atomic mass is 16.5. The van der Waals surface area contributed by atoms with E-state index in [0.29, 0.717) is 6.04 Å². The third-order valence-electron chi connectivity index (χ3n) is 1.53. The summed E-state index contributed by atoms with van der Waals surface area (Å²) in [6.07, 6.45) is 1.66. The average molecular weight is 154 g/mol. The van der Waals surface area contributed by atoms with Gasteiger partial charge in [0.2, 0.25) is 0 Å². The minimum Gasteiger partial charge on any atom is -0.364 e. The molecule has 0 saturated heterocycles. The summed E-state index contributed by atoms with van der Waals surface area (Å²) in [4.78, 5) is 0. The Labute approximate surface area is 66.8 Å². The van der Waals surface area contributed by atoms with Crippen LogP contribution in [-0.4, -0.2) is 11.2 Å². The molecule has 0 atom stereocenters. The molecule has 0 spiro atoms. The summed E-state index contributed by atoms with van der Waals surface area (Å²) < 4.78 is 4.79. The molecule has 11 heavy (non-hydrogen) atoms. The molecule has 3 heteroatoms. The van der Waals surface area contributed by atoms with Crippen molar-refractivity contribution < 1.29 is 4.52 Å². The third-order valence-corrected chi connectivity index (χ3v) is 1.53. The Hall–Kier alpha value is -0.830. The van der Waals surface area contributed by atoms with Crippen LogP contribution in [0.1, 0.15) is 25.1 Å². The number of rotatable bonds is 3. The first-order chi connectivity index (χ1) is 5.20. The maximum absolute atomic E-state index is 4.79. The lowest BCUT2D eigenvalue weighted by atomic mass is 10.2. The lowest BCUT2D eigenvalue weighted by Gasteiger charge is -2.04. The molecular formula is C8H14N2O. The van der Waals surface area contributed by atoms with Crippen molar-refractivity contribution >= 4 is 0 Å². The van der Waals surface area contributed by atoms with Gasteiger partial charge in [-0.15, -0.1) is 0 Å². The van der Waals surface area contributed by atoms with Crippen molar-refractivity contribution in [3.05, 3.63) is 17.5 Å². The molecular weight excluding hydrogens is 140 g/mol. The summed E-state index contributed by atoms with van der Waals surface area (Å²) in [7, 11) is 0. The topological polar surface area (TPSA) is 38.1 Å². The van der Waals surface area contributed by atoms with Gasteiger partial charge in [-0.05, 0) is 6.92 Å². The standard InChI is InChI=1S/C8H14N2O/c1-6(2)9-4-8-7(3)5-11-10-8/h5-6,9H,4H2,1-3H3. The highest BCUT2D eigenvalue weighted by Crippen LogP contribution is 2.03. The predicted octanol–water partition coefficient (Wildman–Crippen LogP) is 1.48. The second-order valence-electron chi connectivity index (χ2n) is 2.98. The van der Waals surface area contributed by atoms with Gasteiger partial charge in [-0.1, -0.05) is 19.0 Å². The molecule has 1 aromatic heterocycles. The van der Waals surface area contributed by atoms with Crippen LogP contribution in [0.5, 0.6) is 0 Å². The van der Waals surface area contributed by atoms with Crippen molar-refractivity contribution in [3.8, 4) is 0 Å². The van der Waals surface area contributed by atoms with Crippen molar-refractivity contribution in [2.24, 2.45) is 0 Å². The van der Waals surface area contributed by atoms with Gasteiger partial charge in [-0.2, -0.15) is 0 Å². The SMILES string of the molecule is Cc1conc1CNC(C)C. The van der Waals surface area contributed by atoms with E-state index in [1.807, 2.05) is 6.92 Å². The smallest absolute Gasteiger partial charge is 0.127 e. The number of hydrogen-bond donors (Lipinski definition) is 1. The fourth-order valence-electron chi connectivity index (χ4n) is 0.782. The van der Waals surface area contributed by atoms with E-state index in [1.165, 1.54) is 0 Å². The molecule has 0 unspecified atom stereocenters. The number of aromatic nitrogens is 1. The molecule has 62 valence electrons. The summed E-state index contributed by atoms with van der Waals surface area (Å²) in [5.74, 6) is 0. The second kappa shape index (κ2) is 3.53. The molecule has 1 aromatic rings. The summed E-state index contributed by atoms with van der Waals surface area (Å²) in [6.45, 7) is 7.00. The second-order valence-corrected chi connectivity index (χ2v) is 2.98. The molecule has 0 aliphatic carbocycles. The van der Waals surface area contributed by atoms with Crippen molar-refractivity contribution in [1.29, 1.82) is 0 Å². The zero-order valence-electron chi connectivity index (χ0n) is 7.22. The van der Waals surface area contributed by atoms with Crippen LogP contribution < -0.4 is 5.32 Å². The van der Waals surface area contributed by atoms with E-state index in [4.69, 9.17) is 4.52 Å². The van der Waals surface area contributed by atoms with Gasteiger partial charge in [-0.3, -0.25) is 0 Å². The first kappa shape index (κ1) is 8.27. The summed E-state index contributed by atoms with van der Waals surface area (Å²) in [5.41, 5.74) is 2.11. The molecule has 1 N–H and O–H groups in total. The molecule has 1 heterocycles. The summed E-state index contributed by atoms with van der Waals surface area (Å²) in [5, 5.41) is 7.12. The van der Waals surface area contributed by atoms with Crippen LogP contribution in [-0.2, 0) is 6.54 Å². The molecule has 0 radical (unpaired) electrons. The molecule has 3 nitrogen and oxygen atoms in total. The molecule has 1 rings (SSSR count). The van der Waals surface area contributed by atoms with Gasteiger partial charge >= 0.3 is 0 Å². The number of nitrogens with zero attached hydrogens (tertiary/aromatic N) is 1. The predicted molar refractivity (Wildman–Crippen MR) is 43.2 cm³/mol. The van der Waals surface area contributed by atoms with Gasteiger partial charge in [0.05, 0.1) is 0 Å². The Balaban J connectivity index is 2.44. The van der Waals surface area contributed by atoms with Gasteiger partial charge in [0.25, 0.3) is 0 Å². The Morgan fingerprint density at radius 3 is 2.82 bits per heavy atom. The molecule has 0 aromatic carbocycles. The van der Waals surface area contributed by atoms with E-state index in [2.05, 4.69) is 24.3 Å². The minimum absolute atomic E-state index is 0.492. The van der Waals surface area contributed by atoms with Crippen LogP contribution in [0.2, 0.25) is 0 Å². The first-order valence-electron chi connectivity index (χ1n) is 3.83. The van der Waals surface area contributed by atoms with Gasteiger partial charge in [0.1, 0.15) is 12.0 Å². The quantitative estimate of drug-likeness (QED) is 0.716. The third kappa shape index (κ3) is 2.35. The van der Waals surface area contributed by atoms with E-state index in [9.17, 15) is 0 Å². The number of hydrogen-bond acceptors (Lipinski definition) is 3. The summed E-state index contributed by atoms with van der Waals surface area (Å²) >= 11 is 0. The van der Waals surface area contributed by atoms with E-state index in [1.54, 1.807) is 6.26 Å². The minimum atomic E-state index is 0.492. The highest BCUT2D eigenvalue weighted by molar-refractivity contribution is 5.11. The van der Waals surface area contributed by atoms with Crippen LogP contribution >= 0.6 is 0 Å². The largest absolute Gasteiger partial charge is 0.364 e. The van der Waals surface area contributed by atoms with Crippen LogP contribution in [0, 0.1) is 6.92 Å². The van der Waals surface area contributed by atoms with E-state index < -0.39 is 0 Å². The zero-order chi connectivity index (χ0) is 8.27. The molecule has 0 saturated carbocycles. The Kier molecular flexibility index (Phi) is 2.65. The van der Waals surface area contributed by atoms with Crippen molar-refractivity contribution in [2.45, 2.75) is 33.4 Å². The molecule has 0 aliphatic heterocycles. The van der Waals surface area contributed by atoms with Gasteiger partial charge < -0.3 is 9.84 Å². The fourth-order valence-corrected chi connectivity index (χ4v) is 0.782. The number of aryl methyl sites for hydroxylation is 1. The van der Waals surface area contributed by atoms with Gasteiger partial charge in [-0.25, -0.2) is 0 Å². The Bertz CT molecular complexity index is 218. The van der Waals surface area contributed by atoms with Crippen molar-refractivity contribution in [1.82, 2.24) is 10.5 Å². The van der Waals surface area contributed by atoms with E-state index >= 15 is 0 Å². The van der Waals surface area contributed by atoms with Gasteiger partial charge in [0.15, 0.2) is 0 Å². The monoisotopic (exact) mass is 154 g/mol. The lowest BCUT2D eigenvalue weighted by Crippen LogP contribution is -2.22. The number of nitrogens with one attached hydrogen (secondary N) is 1. The first-order valence-corrected chi connectivity index (χ1v) is 3.83. The average Bonchev–Trinajstić information content (AvgIpc) is 2.31. The molecule has 0 fully saturated rings. The molecule has 0 bridgehead atoms. The van der Waals surface area contributed by atoms with Crippen LogP contribution in [0.4, 0.5) is 0 Å². The van der Waals surface area contributed by atoms with Crippen LogP contribution in [0.15, 0.2) is 10.8 Å². The van der Waals surface area contributed by atoms with Gasteiger partial charge in [0, 0.05) is 18.2 Å². The van der Waals surface area contributed by atoms with Crippen LogP contribution in [0.25, 0.3) is 0 Å². The van der Waals surface area contributed by atoms with E-state index in [-0.39, 0.29) is 0 Å². The Morgan fingerprint density at radius 1 is 1.64 bits per heavy atom. The van der Waals surface area contributed by atoms with Crippen molar-refractivity contribution in [3.63, 3.8) is 0 Å². The maximum Gasteiger partial charge on any atom is 0.127 e. The van der Waals surface area contributed by atoms with Crippen molar-refractivity contribution in [2.75, 3.05) is 0 Å². The molecule has 0 amide bonds. The highest BCUT2D eigenvalue weighted by Gasteiger charge is 2.02. The lowest BCUT2D eigenvalue weighted by molar-refractivity contribution is 0.406. The Morgan fingerprint density at radius 2 is 2.36 bits per heavy atom. The normalized spacial score (nSPS) is 10.9. The van der Waals surface area contributed by atoms with Crippen LogP contribution in [0.3, 0.4) is 0 Å². The zero-order valence-corrected chi connectivity index (χ0v) is 7.22. The fraction of sp³-hybridized carbons (Fsp3) is 0.625. The van der Waals surface area contributed by atoms with E-state index in [0.717, 1.165) is 17.8 Å². The summed E-state index contributed by atoms with van der Waals surface area (Å²) in [6, 6.07) is 0.492.